The number of benzene rings is 1. The van der Waals surface area contributed by atoms with Crippen molar-refractivity contribution in [2.75, 3.05) is 31.6 Å². The summed E-state index contributed by atoms with van der Waals surface area (Å²) in [4.78, 5) is 20.5. The smallest absolute Gasteiger partial charge is 0.432 e. The molecule has 1 aliphatic rings. The number of likely N-dealkylation sites (tertiary alicyclic amines) is 1. The topological polar surface area (TPSA) is 119 Å². The summed E-state index contributed by atoms with van der Waals surface area (Å²) in [6, 6.07) is 6.14. The van der Waals surface area contributed by atoms with Crippen molar-refractivity contribution in [1.29, 1.82) is 0 Å². The number of nitrogens with one attached hydrogen (secondary N) is 3. The van der Waals surface area contributed by atoms with Gasteiger partial charge >= 0.3 is 12.1 Å². The van der Waals surface area contributed by atoms with E-state index in [2.05, 4.69) is 42.2 Å². The van der Waals surface area contributed by atoms with E-state index in [1.807, 2.05) is 0 Å². The molecule has 1 unspecified atom stereocenters. The number of β-amino-alcohol motifs (C(OH)–C–C–N with tert-alkyl or cyclic N) is 1. The molecule has 0 spiro atoms. The maximum atomic E-state index is 12.9. The van der Waals surface area contributed by atoms with Crippen LogP contribution >= 0.6 is 0 Å². The number of imidazole rings is 1. The fraction of sp³-hybridized carbons (Fsp3) is 0.318. The molecule has 1 aliphatic heterocycles. The molecule has 0 radical (unpaired) electrons. The number of alkyl halides is 3. The molecule has 3 heterocycles. The van der Waals surface area contributed by atoms with Gasteiger partial charge in [-0.15, -0.1) is 0 Å². The zero-order chi connectivity index (χ0) is 24.1. The number of nitrogens with zero attached hydrogens (tertiary/aromatic N) is 3. The minimum atomic E-state index is -4.56. The molecule has 3 aromatic rings. The number of aliphatic hydroxyl groups excluding tert-OH is 1. The van der Waals surface area contributed by atoms with Crippen LogP contribution in [0, 0.1) is 11.8 Å². The van der Waals surface area contributed by atoms with Crippen LogP contribution in [0.4, 0.5) is 18.9 Å². The molecule has 4 rings (SSSR count). The fourth-order valence-electron chi connectivity index (χ4n) is 3.42. The normalized spacial score (nSPS) is 16.2. The van der Waals surface area contributed by atoms with Crippen molar-refractivity contribution < 1.29 is 27.8 Å². The Morgan fingerprint density at radius 3 is 2.88 bits per heavy atom. The third-order valence-electron chi connectivity index (χ3n) is 5.11. The summed E-state index contributed by atoms with van der Waals surface area (Å²) < 4.78 is 44.6. The molecular weight excluding hydrogens is 453 g/mol. The van der Waals surface area contributed by atoms with E-state index in [9.17, 15) is 23.1 Å². The Kier molecular flexibility index (Phi) is 6.85. The largest absolute Gasteiger partial charge is 0.490 e. The van der Waals surface area contributed by atoms with Gasteiger partial charge in [0.2, 0.25) is 0 Å². The molecule has 9 nitrogen and oxygen atoms in total. The monoisotopic (exact) mass is 474 g/mol. The first-order chi connectivity index (χ1) is 16.3. The number of aromatic amines is 2. The van der Waals surface area contributed by atoms with Crippen LogP contribution in [-0.4, -0.2) is 68.4 Å². The van der Waals surface area contributed by atoms with Crippen LogP contribution < -0.4 is 10.1 Å². The Hall–Kier alpha value is -3.82. The minimum absolute atomic E-state index is 0.0102. The van der Waals surface area contributed by atoms with Gasteiger partial charge in [0.25, 0.3) is 0 Å². The van der Waals surface area contributed by atoms with Crippen molar-refractivity contribution in [2.45, 2.75) is 18.7 Å². The second kappa shape index (κ2) is 9.98. The molecule has 1 fully saturated rings. The lowest BCUT2D eigenvalue weighted by Gasteiger charge is -2.17. The van der Waals surface area contributed by atoms with E-state index < -0.39 is 17.8 Å². The van der Waals surface area contributed by atoms with Crippen LogP contribution in [-0.2, 0) is 11.0 Å². The number of carbonyl (C=O) groups excluding carboxylic acids is 1. The maximum Gasteiger partial charge on any atom is 0.432 e. The Bertz CT molecular complexity index is 1200. The number of amides is 1. The molecule has 12 heteroatoms. The second-order valence-electron chi connectivity index (χ2n) is 7.62. The third-order valence-corrected chi connectivity index (χ3v) is 5.11. The highest BCUT2D eigenvalue weighted by molar-refractivity contribution is 6.05. The number of hydrogen-bond donors (Lipinski definition) is 4. The first-order valence-electron chi connectivity index (χ1n) is 10.4. The quantitative estimate of drug-likeness (QED) is 0.407. The summed E-state index contributed by atoms with van der Waals surface area (Å²) in [6.45, 7) is 2.18. The van der Waals surface area contributed by atoms with E-state index >= 15 is 0 Å². The van der Waals surface area contributed by atoms with Gasteiger partial charge in [0.1, 0.15) is 29.6 Å². The van der Waals surface area contributed by atoms with Gasteiger partial charge in [-0.2, -0.15) is 18.3 Å². The molecular formula is C22H21F3N6O3. The first kappa shape index (κ1) is 23.3. The lowest BCUT2D eigenvalue weighted by molar-refractivity contribution is -0.140. The molecule has 178 valence electrons. The third kappa shape index (κ3) is 5.94. The van der Waals surface area contributed by atoms with Gasteiger partial charge in [0.15, 0.2) is 0 Å². The van der Waals surface area contributed by atoms with Gasteiger partial charge < -0.3 is 20.1 Å². The number of aromatic nitrogens is 4. The van der Waals surface area contributed by atoms with Crippen LogP contribution in [0.1, 0.15) is 17.8 Å². The Balaban J connectivity index is 1.53. The van der Waals surface area contributed by atoms with E-state index in [0.29, 0.717) is 42.7 Å². The van der Waals surface area contributed by atoms with E-state index in [1.54, 1.807) is 18.2 Å². The predicted molar refractivity (Wildman–Crippen MR) is 116 cm³/mol. The van der Waals surface area contributed by atoms with Crippen molar-refractivity contribution in [3.8, 4) is 29.0 Å². The molecule has 1 atom stereocenters. The van der Waals surface area contributed by atoms with Gasteiger partial charge in [0, 0.05) is 37.3 Å². The van der Waals surface area contributed by atoms with E-state index in [0.717, 1.165) is 6.54 Å². The highest BCUT2D eigenvalue weighted by Crippen LogP contribution is 2.33. The number of rotatable bonds is 6. The van der Waals surface area contributed by atoms with Gasteiger partial charge in [-0.05, 0) is 36.6 Å². The summed E-state index contributed by atoms with van der Waals surface area (Å²) in [5, 5.41) is 18.6. The molecule has 34 heavy (non-hydrogen) atoms. The second-order valence-corrected chi connectivity index (χ2v) is 7.62. The van der Waals surface area contributed by atoms with Gasteiger partial charge in [0.05, 0.1) is 18.0 Å². The first-order valence-corrected chi connectivity index (χ1v) is 10.4. The zero-order valence-electron chi connectivity index (χ0n) is 17.8. The number of halogens is 3. The molecule has 0 bridgehead atoms. The number of hydrogen-bond acceptors (Lipinski definition) is 6. The average molecular weight is 474 g/mol. The standard InChI is InChI=1S/C22H21F3N6O3/c23-22(24,25)19-12-26-21(29-19)14-1-3-18(34-10-9-31-8-6-16(32)13-31)17(11-14)28-20(33)4-2-15-5-7-27-30-15/h1,3,5,7,11-12,16,32H,6,8-10,13H2,(H,26,29)(H,27,30)(H,28,33). The Morgan fingerprint density at radius 2 is 2.21 bits per heavy atom. The summed E-state index contributed by atoms with van der Waals surface area (Å²) in [6.07, 6.45) is -2.00. The number of carbonyl (C=O) groups is 1. The number of ether oxygens (including phenoxy) is 1. The minimum Gasteiger partial charge on any atom is -0.490 e. The highest BCUT2D eigenvalue weighted by Gasteiger charge is 2.33. The summed E-state index contributed by atoms with van der Waals surface area (Å²) >= 11 is 0. The molecule has 1 saturated heterocycles. The van der Waals surface area contributed by atoms with Crippen LogP contribution in [0.2, 0.25) is 0 Å². The molecule has 4 N–H and O–H groups in total. The zero-order valence-corrected chi connectivity index (χ0v) is 17.8. The van der Waals surface area contributed by atoms with Gasteiger partial charge in [-0.1, -0.05) is 0 Å². The van der Waals surface area contributed by atoms with E-state index in [4.69, 9.17) is 4.74 Å². The summed E-state index contributed by atoms with van der Waals surface area (Å²) in [5.74, 6) is 4.70. The van der Waals surface area contributed by atoms with Crippen molar-refractivity contribution >= 4 is 11.6 Å². The van der Waals surface area contributed by atoms with Crippen molar-refractivity contribution in [2.24, 2.45) is 0 Å². The van der Waals surface area contributed by atoms with E-state index in [-0.39, 0.29) is 24.2 Å². The highest BCUT2D eigenvalue weighted by atomic mass is 19.4. The molecule has 1 aromatic carbocycles. The maximum absolute atomic E-state index is 12.9. The van der Waals surface area contributed by atoms with Gasteiger partial charge in [-0.3, -0.25) is 14.8 Å². The van der Waals surface area contributed by atoms with Crippen LogP contribution in [0.25, 0.3) is 11.4 Å². The Morgan fingerprint density at radius 1 is 1.35 bits per heavy atom. The SMILES string of the molecule is O=C(C#Cc1ccn[nH]1)Nc1cc(-c2ncc(C(F)(F)F)[nH]2)ccc1OCCN1CCC(O)C1. The van der Waals surface area contributed by atoms with Gasteiger partial charge in [-0.25, -0.2) is 4.98 Å². The number of H-pyrrole nitrogens is 2. The van der Waals surface area contributed by atoms with Crippen LogP contribution in [0.3, 0.4) is 0 Å². The van der Waals surface area contributed by atoms with Crippen LogP contribution in [0.15, 0.2) is 36.7 Å². The lowest BCUT2D eigenvalue weighted by Crippen LogP contribution is -2.27. The van der Waals surface area contributed by atoms with Crippen molar-refractivity contribution in [1.82, 2.24) is 25.1 Å². The van der Waals surface area contributed by atoms with Crippen molar-refractivity contribution in [3.63, 3.8) is 0 Å². The average Bonchev–Trinajstić information content (AvgIpc) is 3.55. The summed E-state index contributed by atoms with van der Waals surface area (Å²) in [7, 11) is 0. The molecule has 0 saturated carbocycles. The number of aliphatic hydroxyl groups is 1. The summed E-state index contributed by atoms with van der Waals surface area (Å²) in [5.41, 5.74) is 0.0187. The molecule has 0 aliphatic carbocycles. The fourth-order valence-corrected chi connectivity index (χ4v) is 3.42. The lowest BCUT2D eigenvalue weighted by atomic mass is 10.1. The molecule has 2 aromatic heterocycles. The van der Waals surface area contributed by atoms with E-state index in [1.165, 1.54) is 12.3 Å². The number of anilines is 1. The van der Waals surface area contributed by atoms with Crippen molar-refractivity contribution in [3.05, 3.63) is 48.0 Å². The Labute approximate surface area is 192 Å². The molecule has 1 amide bonds. The predicted octanol–water partition coefficient (Wildman–Crippen LogP) is 2.25. The van der Waals surface area contributed by atoms with Crippen LogP contribution in [0.5, 0.6) is 5.75 Å².